The van der Waals surface area contributed by atoms with Crippen LogP contribution in [0.3, 0.4) is 0 Å². The Kier molecular flexibility index (Phi) is 7.07. The number of rotatable bonds is 6. The first-order chi connectivity index (χ1) is 16.9. The van der Waals surface area contributed by atoms with Crippen molar-refractivity contribution in [1.29, 1.82) is 5.26 Å². The second-order valence-corrected chi connectivity index (χ2v) is 8.05. The van der Waals surface area contributed by atoms with E-state index in [4.69, 9.17) is 15.1 Å². The normalized spacial score (nSPS) is 13.5. The Bertz CT molecular complexity index is 1250. The van der Waals surface area contributed by atoms with Gasteiger partial charge in [-0.1, -0.05) is 0 Å². The Morgan fingerprint density at radius 1 is 1.14 bits per heavy atom. The quantitative estimate of drug-likeness (QED) is 0.504. The van der Waals surface area contributed by atoms with Crippen molar-refractivity contribution in [2.24, 2.45) is 0 Å². The number of ether oxygens (including phenoxy) is 1. The van der Waals surface area contributed by atoms with Gasteiger partial charge in [0.2, 0.25) is 11.8 Å². The number of piperazine rings is 1. The molecule has 3 aromatic rings. The zero-order valence-corrected chi connectivity index (χ0v) is 19.5. The van der Waals surface area contributed by atoms with Gasteiger partial charge < -0.3 is 25.0 Å². The summed E-state index contributed by atoms with van der Waals surface area (Å²) in [7, 11) is 0. The summed E-state index contributed by atoms with van der Waals surface area (Å²) < 4.78 is 6.05. The summed E-state index contributed by atoms with van der Waals surface area (Å²) in [6, 6.07) is 11.3. The standard InChI is InChI=1S/C25H25N7O3/c1-17-14-19(4-3-8-26)15-18(2)23(17)35-22-7-9-27-24(30-22)29-20-5-6-21(28-16-20)31-10-12-32(13-11-31)25(33)34/h3-7,9,14-16H,10-13H2,1-2H3,(H,33,34)(H,27,29,30)/b4-3+. The molecule has 0 bridgehead atoms. The molecule has 2 aromatic heterocycles. The Hall–Kier alpha value is -4.65. The van der Waals surface area contributed by atoms with Crippen LogP contribution in [0.25, 0.3) is 6.08 Å². The molecule has 0 unspecified atom stereocenters. The first kappa shape index (κ1) is 23.5. The van der Waals surface area contributed by atoms with Crippen molar-refractivity contribution in [2.75, 3.05) is 36.4 Å². The average Bonchev–Trinajstić information content (AvgIpc) is 2.86. The number of carbonyl (C=O) groups is 1. The van der Waals surface area contributed by atoms with Gasteiger partial charge in [0.05, 0.1) is 18.0 Å². The minimum absolute atomic E-state index is 0.371. The number of carboxylic acid groups (broad SMARTS) is 1. The SMILES string of the molecule is Cc1cc(/C=C/C#N)cc(C)c1Oc1ccnc(Nc2ccc(N3CCN(C(=O)O)CC3)nc2)n1. The predicted molar refractivity (Wildman–Crippen MR) is 132 cm³/mol. The molecule has 1 fully saturated rings. The van der Waals surface area contributed by atoms with Gasteiger partial charge in [-0.3, -0.25) is 0 Å². The number of aryl methyl sites for hydroxylation is 2. The molecule has 3 heterocycles. The van der Waals surface area contributed by atoms with Gasteiger partial charge in [-0.2, -0.15) is 10.2 Å². The minimum atomic E-state index is -0.890. The number of amides is 1. The molecule has 1 saturated heterocycles. The largest absolute Gasteiger partial charge is 0.465 e. The maximum atomic E-state index is 11.1. The summed E-state index contributed by atoms with van der Waals surface area (Å²) in [5.41, 5.74) is 3.51. The third kappa shape index (κ3) is 5.83. The smallest absolute Gasteiger partial charge is 0.407 e. The van der Waals surface area contributed by atoms with Crippen LogP contribution in [0, 0.1) is 25.2 Å². The maximum absolute atomic E-state index is 11.1. The van der Waals surface area contributed by atoms with Gasteiger partial charge in [0.15, 0.2) is 0 Å². The number of hydrogen-bond acceptors (Lipinski definition) is 8. The molecule has 1 aromatic carbocycles. The van der Waals surface area contributed by atoms with Crippen LogP contribution in [0.4, 0.5) is 22.2 Å². The van der Waals surface area contributed by atoms with Crippen LogP contribution in [0.5, 0.6) is 11.6 Å². The Morgan fingerprint density at radius 3 is 2.51 bits per heavy atom. The van der Waals surface area contributed by atoms with Crippen LogP contribution < -0.4 is 15.0 Å². The Balaban J connectivity index is 1.42. The topological polar surface area (TPSA) is 128 Å². The fourth-order valence-corrected chi connectivity index (χ4v) is 3.84. The van der Waals surface area contributed by atoms with E-state index in [1.807, 2.05) is 44.2 Å². The van der Waals surface area contributed by atoms with Gasteiger partial charge >= 0.3 is 6.09 Å². The van der Waals surface area contributed by atoms with Gasteiger partial charge in [0.25, 0.3) is 0 Å². The van der Waals surface area contributed by atoms with Crippen LogP contribution in [-0.4, -0.2) is 57.2 Å². The second kappa shape index (κ2) is 10.5. The fraction of sp³-hybridized carbons (Fsp3) is 0.240. The summed E-state index contributed by atoms with van der Waals surface area (Å²) in [5, 5.41) is 21.0. The van der Waals surface area contributed by atoms with E-state index in [2.05, 4.69) is 25.2 Å². The fourth-order valence-electron chi connectivity index (χ4n) is 3.84. The van der Waals surface area contributed by atoms with Gasteiger partial charge in [0.1, 0.15) is 11.6 Å². The number of anilines is 3. The first-order valence-corrected chi connectivity index (χ1v) is 11.1. The number of benzene rings is 1. The number of nitrogens with zero attached hydrogens (tertiary/aromatic N) is 6. The molecule has 35 heavy (non-hydrogen) atoms. The first-order valence-electron chi connectivity index (χ1n) is 11.1. The average molecular weight is 472 g/mol. The van der Waals surface area contributed by atoms with E-state index in [1.165, 1.54) is 11.0 Å². The molecule has 0 aliphatic carbocycles. The summed E-state index contributed by atoms with van der Waals surface area (Å²) in [6.45, 7) is 6.00. The van der Waals surface area contributed by atoms with Crippen LogP contribution in [0.2, 0.25) is 0 Å². The van der Waals surface area contributed by atoms with Crippen molar-refractivity contribution < 1.29 is 14.6 Å². The predicted octanol–water partition coefficient (Wildman–Crippen LogP) is 4.36. The van der Waals surface area contributed by atoms with Crippen molar-refractivity contribution in [3.8, 4) is 17.7 Å². The summed E-state index contributed by atoms with van der Waals surface area (Å²) in [4.78, 5) is 27.7. The van der Waals surface area contributed by atoms with Crippen molar-refractivity contribution in [3.05, 3.63) is 65.5 Å². The van der Waals surface area contributed by atoms with Crippen molar-refractivity contribution >= 4 is 29.6 Å². The van der Waals surface area contributed by atoms with Crippen LogP contribution >= 0.6 is 0 Å². The van der Waals surface area contributed by atoms with E-state index in [0.29, 0.717) is 43.8 Å². The Labute approximate surface area is 203 Å². The van der Waals surface area contributed by atoms with Crippen LogP contribution in [0.15, 0.2) is 48.8 Å². The summed E-state index contributed by atoms with van der Waals surface area (Å²) >= 11 is 0. The third-order valence-electron chi connectivity index (χ3n) is 5.55. The number of aromatic nitrogens is 3. The highest BCUT2D eigenvalue weighted by Gasteiger charge is 2.21. The number of nitrogens with one attached hydrogen (secondary N) is 1. The molecule has 0 radical (unpaired) electrons. The van der Waals surface area contributed by atoms with E-state index in [9.17, 15) is 4.79 Å². The molecule has 1 aliphatic rings. The van der Waals surface area contributed by atoms with Gasteiger partial charge in [-0.25, -0.2) is 14.8 Å². The molecule has 4 rings (SSSR count). The highest BCUT2D eigenvalue weighted by molar-refractivity contribution is 5.65. The number of pyridine rings is 1. The van der Waals surface area contributed by atoms with Crippen molar-refractivity contribution in [2.45, 2.75) is 13.8 Å². The number of hydrogen-bond donors (Lipinski definition) is 2. The van der Waals surface area contributed by atoms with Crippen LogP contribution in [0.1, 0.15) is 16.7 Å². The summed E-state index contributed by atoms with van der Waals surface area (Å²) in [6.07, 6.45) is 5.61. The van der Waals surface area contributed by atoms with E-state index < -0.39 is 6.09 Å². The van der Waals surface area contributed by atoms with E-state index in [1.54, 1.807) is 24.5 Å². The monoisotopic (exact) mass is 471 g/mol. The van der Waals surface area contributed by atoms with Gasteiger partial charge in [-0.05, 0) is 60.9 Å². The minimum Gasteiger partial charge on any atom is -0.465 e. The zero-order chi connectivity index (χ0) is 24.8. The maximum Gasteiger partial charge on any atom is 0.407 e. The molecule has 0 atom stereocenters. The molecule has 1 amide bonds. The van der Waals surface area contributed by atoms with E-state index in [0.717, 1.165) is 28.2 Å². The molecular weight excluding hydrogens is 446 g/mol. The van der Waals surface area contributed by atoms with Crippen molar-refractivity contribution in [3.63, 3.8) is 0 Å². The molecular formula is C25H25N7O3. The third-order valence-corrected chi connectivity index (χ3v) is 5.55. The molecule has 0 saturated carbocycles. The van der Waals surface area contributed by atoms with Crippen molar-refractivity contribution in [1.82, 2.24) is 19.9 Å². The molecule has 10 heteroatoms. The highest BCUT2D eigenvalue weighted by atomic mass is 16.5. The summed E-state index contributed by atoms with van der Waals surface area (Å²) in [5.74, 6) is 2.27. The second-order valence-electron chi connectivity index (χ2n) is 8.05. The number of allylic oxidation sites excluding steroid dienone is 1. The zero-order valence-electron chi connectivity index (χ0n) is 19.5. The molecule has 2 N–H and O–H groups in total. The molecule has 1 aliphatic heterocycles. The van der Waals surface area contributed by atoms with Gasteiger partial charge in [-0.15, -0.1) is 0 Å². The lowest BCUT2D eigenvalue weighted by atomic mass is 10.1. The molecule has 178 valence electrons. The Morgan fingerprint density at radius 2 is 1.89 bits per heavy atom. The highest BCUT2D eigenvalue weighted by Crippen LogP contribution is 2.30. The lowest BCUT2D eigenvalue weighted by Crippen LogP contribution is -2.48. The lowest BCUT2D eigenvalue weighted by molar-refractivity contribution is 0.142. The number of nitriles is 1. The van der Waals surface area contributed by atoms with E-state index >= 15 is 0 Å². The van der Waals surface area contributed by atoms with E-state index in [-0.39, 0.29) is 0 Å². The van der Waals surface area contributed by atoms with Crippen LogP contribution in [-0.2, 0) is 0 Å². The molecule has 0 spiro atoms. The lowest BCUT2D eigenvalue weighted by Gasteiger charge is -2.33. The molecule has 10 nitrogen and oxygen atoms in total. The van der Waals surface area contributed by atoms with Gasteiger partial charge in [0, 0.05) is 44.5 Å².